The van der Waals surface area contributed by atoms with Crippen molar-refractivity contribution in [3.8, 4) is 11.1 Å². The molecule has 7 heteroatoms. The number of aliphatic carboxylic acids is 1. The number of hydrogen-bond acceptors (Lipinski definition) is 4. The third kappa shape index (κ3) is 5.50. The molecule has 0 aliphatic heterocycles. The van der Waals surface area contributed by atoms with Gasteiger partial charge in [-0.2, -0.15) is 0 Å². The van der Waals surface area contributed by atoms with E-state index >= 15 is 0 Å². The summed E-state index contributed by atoms with van der Waals surface area (Å²) in [6.07, 6.45) is 2.85. The molecule has 0 heterocycles. The fourth-order valence-electron chi connectivity index (χ4n) is 5.58. The predicted octanol–water partition coefficient (Wildman–Crippen LogP) is 4.84. The first-order valence-electron chi connectivity index (χ1n) is 12.5. The van der Waals surface area contributed by atoms with E-state index in [9.17, 15) is 14.4 Å². The van der Waals surface area contributed by atoms with E-state index in [0.29, 0.717) is 19.3 Å². The lowest BCUT2D eigenvalue weighted by atomic mass is 9.94. The van der Waals surface area contributed by atoms with Crippen LogP contribution in [-0.4, -0.2) is 41.3 Å². The molecule has 3 atom stereocenters. The van der Waals surface area contributed by atoms with Crippen LogP contribution < -0.4 is 10.6 Å². The van der Waals surface area contributed by atoms with Crippen LogP contribution in [0.5, 0.6) is 0 Å². The van der Waals surface area contributed by atoms with E-state index in [-0.39, 0.29) is 36.8 Å². The monoisotopic (exact) mass is 478 g/mol. The largest absolute Gasteiger partial charge is 0.481 e. The van der Waals surface area contributed by atoms with Gasteiger partial charge in [-0.1, -0.05) is 61.9 Å². The van der Waals surface area contributed by atoms with Gasteiger partial charge in [-0.05, 0) is 60.8 Å². The van der Waals surface area contributed by atoms with Gasteiger partial charge in [0.05, 0.1) is 0 Å². The highest BCUT2D eigenvalue weighted by Gasteiger charge is 2.38. The summed E-state index contributed by atoms with van der Waals surface area (Å²) in [6, 6.07) is 16.2. The molecule has 35 heavy (non-hydrogen) atoms. The maximum Gasteiger partial charge on any atom is 0.408 e. The summed E-state index contributed by atoms with van der Waals surface area (Å²) in [7, 11) is 0. The third-order valence-electron chi connectivity index (χ3n) is 7.31. The Labute approximate surface area is 206 Å². The SMILES string of the molecule is CCCC(C)(NC(=O)OCC1c2ccccc2-c2ccccc21)C(=O)N[C@@H]1CC[C@H](CC(=O)O)C1. The van der Waals surface area contributed by atoms with E-state index in [2.05, 4.69) is 34.9 Å². The van der Waals surface area contributed by atoms with Crippen molar-refractivity contribution in [2.45, 2.75) is 69.9 Å². The number of amides is 2. The van der Waals surface area contributed by atoms with Gasteiger partial charge >= 0.3 is 12.1 Å². The molecule has 1 unspecified atom stereocenters. The minimum atomic E-state index is -1.11. The molecule has 3 N–H and O–H groups in total. The van der Waals surface area contributed by atoms with Gasteiger partial charge in [-0.15, -0.1) is 0 Å². The van der Waals surface area contributed by atoms with E-state index < -0.39 is 17.6 Å². The van der Waals surface area contributed by atoms with Crippen molar-refractivity contribution in [1.29, 1.82) is 0 Å². The highest BCUT2D eigenvalue weighted by atomic mass is 16.5. The van der Waals surface area contributed by atoms with E-state index in [1.807, 2.05) is 31.2 Å². The van der Waals surface area contributed by atoms with Crippen molar-refractivity contribution >= 4 is 18.0 Å². The van der Waals surface area contributed by atoms with Gasteiger partial charge in [0.15, 0.2) is 0 Å². The zero-order chi connectivity index (χ0) is 25.0. The number of ether oxygens (including phenoxy) is 1. The van der Waals surface area contributed by atoms with Gasteiger partial charge in [-0.25, -0.2) is 4.79 Å². The molecule has 2 aliphatic carbocycles. The fraction of sp³-hybridized carbons (Fsp3) is 0.464. The van der Waals surface area contributed by atoms with Crippen molar-refractivity contribution in [1.82, 2.24) is 10.6 Å². The molecule has 0 saturated heterocycles. The smallest absolute Gasteiger partial charge is 0.408 e. The highest BCUT2D eigenvalue weighted by molar-refractivity contribution is 5.89. The lowest BCUT2D eigenvalue weighted by molar-refractivity contribution is -0.138. The molecule has 2 aromatic rings. The first-order chi connectivity index (χ1) is 16.8. The summed E-state index contributed by atoms with van der Waals surface area (Å²) >= 11 is 0. The highest BCUT2D eigenvalue weighted by Crippen LogP contribution is 2.44. The van der Waals surface area contributed by atoms with Gasteiger partial charge in [0.25, 0.3) is 0 Å². The number of nitrogens with one attached hydrogen (secondary N) is 2. The zero-order valence-corrected chi connectivity index (χ0v) is 20.4. The quantitative estimate of drug-likeness (QED) is 0.478. The Bertz CT molecular complexity index is 1050. The van der Waals surface area contributed by atoms with E-state index in [1.54, 1.807) is 6.92 Å². The molecule has 7 nitrogen and oxygen atoms in total. The Morgan fingerprint density at radius 2 is 1.66 bits per heavy atom. The second-order valence-electron chi connectivity index (χ2n) is 9.98. The lowest BCUT2D eigenvalue weighted by Crippen LogP contribution is -2.58. The van der Waals surface area contributed by atoms with Crippen molar-refractivity contribution in [2.24, 2.45) is 5.92 Å². The Kier molecular flexibility index (Phi) is 7.43. The van der Waals surface area contributed by atoms with Crippen molar-refractivity contribution in [3.05, 3.63) is 59.7 Å². The minimum absolute atomic E-state index is 0.0518. The van der Waals surface area contributed by atoms with Crippen LogP contribution >= 0.6 is 0 Å². The van der Waals surface area contributed by atoms with Crippen LogP contribution in [0.3, 0.4) is 0 Å². The van der Waals surface area contributed by atoms with Crippen LogP contribution in [-0.2, 0) is 14.3 Å². The Balaban J connectivity index is 1.37. The van der Waals surface area contributed by atoms with Crippen molar-refractivity contribution in [2.75, 3.05) is 6.61 Å². The maximum absolute atomic E-state index is 13.2. The Morgan fingerprint density at radius 1 is 1.03 bits per heavy atom. The number of carbonyl (C=O) groups is 3. The standard InChI is InChI=1S/C28H34N2O5/c1-3-14-28(2,26(33)29-19-13-12-18(15-19)16-25(31)32)30-27(34)35-17-24-22-10-6-4-8-20(22)21-9-5-7-11-23(21)24/h4-11,18-19,24H,3,12-17H2,1-2H3,(H,29,33)(H,30,34)(H,31,32)/t18-,19+,28?/m0/s1. The van der Waals surface area contributed by atoms with Gasteiger partial charge in [0.1, 0.15) is 12.1 Å². The minimum Gasteiger partial charge on any atom is -0.481 e. The zero-order valence-electron chi connectivity index (χ0n) is 20.4. The number of carbonyl (C=O) groups excluding carboxylic acids is 2. The topological polar surface area (TPSA) is 105 Å². The first kappa shape index (κ1) is 24.8. The molecular weight excluding hydrogens is 444 g/mol. The van der Waals surface area contributed by atoms with Gasteiger partial charge in [-0.3, -0.25) is 9.59 Å². The molecule has 4 rings (SSSR count). The molecule has 1 saturated carbocycles. The van der Waals surface area contributed by atoms with E-state index in [0.717, 1.165) is 35.1 Å². The van der Waals surface area contributed by atoms with Crippen LogP contribution in [0.15, 0.2) is 48.5 Å². The number of carboxylic acid groups (broad SMARTS) is 1. The molecule has 0 bridgehead atoms. The average Bonchev–Trinajstić information content (AvgIpc) is 3.39. The van der Waals surface area contributed by atoms with E-state index in [4.69, 9.17) is 9.84 Å². The number of carboxylic acids is 1. The predicted molar refractivity (Wildman–Crippen MR) is 133 cm³/mol. The molecule has 2 amide bonds. The summed E-state index contributed by atoms with van der Waals surface area (Å²) in [4.78, 5) is 37.0. The first-order valence-corrected chi connectivity index (χ1v) is 12.5. The Hall–Kier alpha value is -3.35. The van der Waals surface area contributed by atoms with E-state index in [1.165, 1.54) is 0 Å². The summed E-state index contributed by atoms with van der Waals surface area (Å²) in [5, 5.41) is 14.9. The summed E-state index contributed by atoms with van der Waals surface area (Å²) in [5.74, 6) is -1.04. The van der Waals surface area contributed by atoms with Crippen LogP contribution in [0, 0.1) is 5.92 Å². The normalized spacial score (nSPS) is 20.4. The van der Waals surface area contributed by atoms with Crippen LogP contribution in [0.2, 0.25) is 0 Å². The molecule has 2 aliphatic rings. The summed E-state index contributed by atoms with van der Waals surface area (Å²) in [6.45, 7) is 3.86. The van der Waals surface area contributed by atoms with Crippen LogP contribution in [0.25, 0.3) is 11.1 Å². The van der Waals surface area contributed by atoms with Gasteiger partial charge in [0, 0.05) is 18.4 Å². The lowest BCUT2D eigenvalue weighted by Gasteiger charge is -2.30. The second-order valence-corrected chi connectivity index (χ2v) is 9.98. The second kappa shape index (κ2) is 10.5. The van der Waals surface area contributed by atoms with Crippen LogP contribution in [0.4, 0.5) is 4.79 Å². The molecular formula is C28H34N2O5. The molecule has 186 valence electrons. The third-order valence-corrected chi connectivity index (χ3v) is 7.31. The fourth-order valence-corrected chi connectivity index (χ4v) is 5.58. The summed E-state index contributed by atoms with van der Waals surface area (Å²) < 4.78 is 5.67. The molecule has 2 aromatic carbocycles. The summed E-state index contributed by atoms with van der Waals surface area (Å²) in [5.41, 5.74) is 3.47. The number of hydrogen-bond donors (Lipinski definition) is 3. The maximum atomic E-state index is 13.2. The molecule has 0 aromatic heterocycles. The number of alkyl carbamates (subject to hydrolysis) is 1. The number of rotatable bonds is 9. The van der Waals surface area contributed by atoms with Crippen LogP contribution in [0.1, 0.15) is 69.4 Å². The Morgan fingerprint density at radius 3 is 2.26 bits per heavy atom. The van der Waals surface area contributed by atoms with Gasteiger partial charge in [0.2, 0.25) is 5.91 Å². The number of fused-ring (bicyclic) bond motifs is 3. The molecule has 0 radical (unpaired) electrons. The number of benzene rings is 2. The van der Waals surface area contributed by atoms with Gasteiger partial charge < -0.3 is 20.5 Å². The molecule has 0 spiro atoms. The van der Waals surface area contributed by atoms with Crippen molar-refractivity contribution < 1.29 is 24.2 Å². The average molecular weight is 479 g/mol. The van der Waals surface area contributed by atoms with Crippen molar-refractivity contribution in [3.63, 3.8) is 0 Å². The molecule has 1 fully saturated rings.